The molecule has 1 fully saturated rings. The number of benzene rings is 2. The fourth-order valence-corrected chi connectivity index (χ4v) is 4.10. The van der Waals surface area contributed by atoms with Crippen molar-refractivity contribution in [1.82, 2.24) is 20.7 Å². The van der Waals surface area contributed by atoms with Gasteiger partial charge in [0, 0.05) is 30.1 Å². The van der Waals surface area contributed by atoms with E-state index in [9.17, 15) is 4.79 Å². The standard InChI is InChI=1S/C23H28N4O2/c1-4-27-20-13-18(29-3)10-9-17(20)11-21(27)19-14-22(26-25-19)24-23(28)12-16-8-6-5-7-15(16)2/h5-11,13,19,22,25-26H,4,12,14H2,1-3H3,(H,24,28). The summed E-state index contributed by atoms with van der Waals surface area (Å²) in [4.78, 5) is 12.5. The van der Waals surface area contributed by atoms with E-state index < -0.39 is 0 Å². The number of carbonyl (C=O) groups excluding carboxylic acids is 1. The van der Waals surface area contributed by atoms with Gasteiger partial charge in [-0.1, -0.05) is 24.3 Å². The molecule has 152 valence electrons. The summed E-state index contributed by atoms with van der Waals surface area (Å²) in [5.74, 6) is 0.885. The molecule has 3 aromatic rings. The predicted molar refractivity (Wildman–Crippen MR) is 115 cm³/mol. The maximum Gasteiger partial charge on any atom is 0.225 e. The number of nitrogens with zero attached hydrogens (tertiary/aromatic N) is 1. The van der Waals surface area contributed by atoms with Crippen LogP contribution >= 0.6 is 0 Å². The minimum absolute atomic E-state index is 0.0278. The Labute approximate surface area is 171 Å². The normalized spacial score (nSPS) is 18.9. The molecular weight excluding hydrogens is 364 g/mol. The van der Waals surface area contributed by atoms with E-state index in [2.05, 4.69) is 45.9 Å². The zero-order chi connectivity index (χ0) is 20.4. The molecule has 0 aliphatic carbocycles. The summed E-state index contributed by atoms with van der Waals surface area (Å²) >= 11 is 0. The largest absolute Gasteiger partial charge is 0.497 e. The summed E-state index contributed by atoms with van der Waals surface area (Å²) in [6, 6.07) is 16.5. The van der Waals surface area contributed by atoms with Gasteiger partial charge in [0.05, 0.1) is 31.3 Å². The highest BCUT2D eigenvalue weighted by molar-refractivity contribution is 5.83. The molecule has 1 aliphatic heterocycles. The molecule has 0 spiro atoms. The highest BCUT2D eigenvalue weighted by Crippen LogP contribution is 2.30. The maximum absolute atomic E-state index is 12.5. The number of methoxy groups -OCH3 is 1. The number of carbonyl (C=O) groups is 1. The molecule has 4 rings (SSSR count). The first-order valence-corrected chi connectivity index (χ1v) is 10.1. The number of fused-ring (bicyclic) bond motifs is 1. The SMILES string of the molecule is CCn1c(C2CC(NC(=O)Cc3ccccc3C)NN2)cc2ccc(OC)cc21. The Bertz CT molecular complexity index is 1030. The zero-order valence-corrected chi connectivity index (χ0v) is 17.2. The molecule has 29 heavy (non-hydrogen) atoms. The molecule has 1 aromatic heterocycles. The van der Waals surface area contributed by atoms with Crippen molar-refractivity contribution >= 4 is 16.8 Å². The highest BCUT2D eigenvalue weighted by atomic mass is 16.5. The number of rotatable bonds is 6. The van der Waals surface area contributed by atoms with Gasteiger partial charge < -0.3 is 14.6 Å². The van der Waals surface area contributed by atoms with Crippen LogP contribution in [0, 0.1) is 6.92 Å². The van der Waals surface area contributed by atoms with E-state index in [1.807, 2.05) is 37.3 Å². The van der Waals surface area contributed by atoms with Crippen molar-refractivity contribution in [3.05, 3.63) is 65.4 Å². The number of aromatic nitrogens is 1. The number of amides is 1. The summed E-state index contributed by atoms with van der Waals surface area (Å²) in [5.41, 5.74) is 11.2. The van der Waals surface area contributed by atoms with Crippen molar-refractivity contribution in [2.24, 2.45) is 0 Å². The van der Waals surface area contributed by atoms with Crippen LogP contribution in [0.15, 0.2) is 48.5 Å². The van der Waals surface area contributed by atoms with Gasteiger partial charge in [0.15, 0.2) is 0 Å². The van der Waals surface area contributed by atoms with E-state index in [-0.39, 0.29) is 18.1 Å². The number of hydrogen-bond acceptors (Lipinski definition) is 4. The van der Waals surface area contributed by atoms with Gasteiger partial charge in [-0.25, -0.2) is 10.9 Å². The van der Waals surface area contributed by atoms with Crippen LogP contribution in [-0.4, -0.2) is 23.7 Å². The molecule has 2 unspecified atom stereocenters. The molecule has 2 heterocycles. The quantitative estimate of drug-likeness (QED) is 0.603. The first kappa shape index (κ1) is 19.5. The Hall–Kier alpha value is -2.83. The smallest absolute Gasteiger partial charge is 0.225 e. The van der Waals surface area contributed by atoms with E-state index in [1.54, 1.807) is 7.11 Å². The summed E-state index contributed by atoms with van der Waals surface area (Å²) in [5, 5.41) is 4.29. The second kappa shape index (κ2) is 8.27. The minimum Gasteiger partial charge on any atom is -0.497 e. The highest BCUT2D eigenvalue weighted by Gasteiger charge is 2.28. The van der Waals surface area contributed by atoms with E-state index in [0.717, 1.165) is 35.4 Å². The monoisotopic (exact) mass is 392 g/mol. The Kier molecular flexibility index (Phi) is 5.56. The predicted octanol–water partition coefficient (Wildman–Crippen LogP) is 3.20. The van der Waals surface area contributed by atoms with Gasteiger partial charge in [-0.05, 0) is 43.2 Å². The minimum atomic E-state index is -0.102. The van der Waals surface area contributed by atoms with Gasteiger partial charge in [0.2, 0.25) is 5.91 Å². The molecule has 0 radical (unpaired) electrons. The van der Waals surface area contributed by atoms with Crippen molar-refractivity contribution in [1.29, 1.82) is 0 Å². The summed E-state index contributed by atoms with van der Waals surface area (Å²) in [6.45, 7) is 5.05. The fourth-order valence-electron chi connectivity index (χ4n) is 4.10. The molecule has 3 N–H and O–H groups in total. The van der Waals surface area contributed by atoms with E-state index >= 15 is 0 Å². The van der Waals surface area contributed by atoms with Crippen LogP contribution in [0.4, 0.5) is 0 Å². The molecule has 6 nitrogen and oxygen atoms in total. The average molecular weight is 393 g/mol. The van der Waals surface area contributed by atoms with Crippen LogP contribution in [0.2, 0.25) is 0 Å². The van der Waals surface area contributed by atoms with Crippen LogP contribution < -0.4 is 20.9 Å². The van der Waals surface area contributed by atoms with Gasteiger partial charge in [-0.3, -0.25) is 4.79 Å². The lowest BCUT2D eigenvalue weighted by Gasteiger charge is -2.14. The lowest BCUT2D eigenvalue weighted by Crippen LogP contribution is -2.44. The van der Waals surface area contributed by atoms with E-state index in [4.69, 9.17) is 4.74 Å². The van der Waals surface area contributed by atoms with E-state index in [0.29, 0.717) is 6.42 Å². The number of hydrazine groups is 1. The third-order valence-corrected chi connectivity index (χ3v) is 5.67. The molecule has 2 aromatic carbocycles. The van der Waals surface area contributed by atoms with Crippen LogP contribution in [0.1, 0.15) is 36.2 Å². The topological polar surface area (TPSA) is 67.3 Å². The lowest BCUT2D eigenvalue weighted by atomic mass is 10.1. The number of nitrogens with one attached hydrogen (secondary N) is 3. The molecular formula is C23H28N4O2. The molecule has 1 saturated heterocycles. The van der Waals surface area contributed by atoms with Gasteiger partial charge in [-0.15, -0.1) is 0 Å². The van der Waals surface area contributed by atoms with Crippen LogP contribution in [0.25, 0.3) is 10.9 Å². The molecule has 1 aliphatic rings. The maximum atomic E-state index is 12.5. The number of aryl methyl sites for hydroxylation is 2. The van der Waals surface area contributed by atoms with Crippen LogP contribution in [-0.2, 0) is 17.8 Å². The molecule has 6 heteroatoms. The van der Waals surface area contributed by atoms with Crippen molar-refractivity contribution in [3.63, 3.8) is 0 Å². The summed E-state index contributed by atoms with van der Waals surface area (Å²) in [7, 11) is 1.69. The third kappa shape index (κ3) is 3.99. The van der Waals surface area contributed by atoms with Crippen LogP contribution in [0.5, 0.6) is 5.75 Å². The summed E-state index contributed by atoms with van der Waals surface area (Å²) in [6.07, 6.45) is 1.08. The van der Waals surface area contributed by atoms with Gasteiger partial charge >= 0.3 is 0 Å². The Morgan fingerprint density at radius 1 is 1.21 bits per heavy atom. The summed E-state index contributed by atoms with van der Waals surface area (Å²) < 4.78 is 7.69. The van der Waals surface area contributed by atoms with Crippen molar-refractivity contribution in [2.45, 2.75) is 45.4 Å². The van der Waals surface area contributed by atoms with Gasteiger partial charge in [0.1, 0.15) is 5.75 Å². The van der Waals surface area contributed by atoms with Gasteiger partial charge in [0.25, 0.3) is 0 Å². The Morgan fingerprint density at radius 2 is 2.03 bits per heavy atom. The van der Waals surface area contributed by atoms with Crippen molar-refractivity contribution < 1.29 is 9.53 Å². The molecule has 0 bridgehead atoms. The average Bonchev–Trinajstić information content (AvgIpc) is 3.32. The second-order valence-electron chi connectivity index (χ2n) is 7.54. The first-order valence-electron chi connectivity index (χ1n) is 10.1. The third-order valence-electron chi connectivity index (χ3n) is 5.67. The molecule has 1 amide bonds. The zero-order valence-electron chi connectivity index (χ0n) is 17.2. The Morgan fingerprint density at radius 3 is 2.79 bits per heavy atom. The lowest BCUT2D eigenvalue weighted by molar-refractivity contribution is -0.121. The first-order chi connectivity index (χ1) is 14.1. The molecule has 0 saturated carbocycles. The molecule has 2 atom stereocenters. The fraction of sp³-hybridized carbons (Fsp3) is 0.348. The van der Waals surface area contributed by atoms with E-state index in [1.165, 1.54) is 11.1 Å². The number of ether oxygens (including phenoxy) is 1. The van der Waals surface area contributed by atoms with Gasteiger partial charge in [-0.2, -0.15) is 0 Å². The Balaban J connectivity index is 1.46. The number of hydrogen-bond donors (Lipinski definition) is 3. The van der Waals surface area contributed by atoms with Crippen LogP contribution in [0.3, 0.4) is 0 Å². The van der Waals surface area contributed by atoms with Crippen molar-refractivity contribution in [3.8, 4) is 5.75 Å². The van der Waals surface area contributed by atoms with Crippen molar-refractivity contribution in [2.75, 3.05) is 7.11 Å². The second-order valence-corrected chi connectivity index (χ2v) is 7.54.